The Kier molecular flexibility index (Phi) is 5.67. The highest BCUT2D eigenvalue weighted by Gasteiger charge is 2.41. The molecular weight excluding hydrogens is 396 g/mol. The number of aromatic nitrogens is 3. The number of nitro groups is 1. The molecule has 0 bridgehead atoms. The van der Waals surface area contributed by atoms with Crippen molar-refractivity contribution in [2.45, 2.75) is 36.9 Å². The van der Waals surface area contributed by atoms with Crippen molar-refractivity contribution in [2.75, 3.05) is 19.6 Å². The molecule has 2 aliphatic heterocycles. The zero-order valence-corrected chi connectivity index (χ0v) is 16.6. The maximum Gasteiger partial charge on any atom is 0.411 e. The number of amides is 1. The van der Waals surface area contributed by atoms with Crippen LogP contribution in [0.4, 0.5) is 10.5 Å². The molecule has 0 spiro atoms. The third kappa shape index (κ3) is 4.35. The first-order valence-electron chi connectivity index (χ1n) is 9.44. The van der Waals surface area contributed by atoms with Crippen molar-refractivity contribution >= 4 is 24.4 Å². The van der Waals surface area contributed by atoms with E-state index in [9.17, 15) is 14.9 Å². The Morgan fingerprint density at radius 1 is 1.31 bits per heavy atom. The first-order valence-corrected chi connectivity index (χ1v) is 9.96. The Hall–Kier alpha value is -2.66. The number of rotatable bonds is 5. The molecule has 1 amide bonds. The number of nitrogens with zero attached hydrogens (tertiary/aromatic N) is 6. The molecule has 0 unspecified atom stereocenters. The van der Waals surface area contributed by atoms with E-state index >= 15 is 0 Å². The van der Waals surface area contributed by atoms with Crippen molar-refractivity contribution in [2.24, 2.45) is 0 Å². The number of likely N-dealkylation sites (tertiary alicyclic amines) is 2. The van der Waals surface area contributed by atoms with E-state index in [2.05, 4.69) is 27.6 Å². The largest absolute Gasteiger partial charge is 0.445 e. The summed E-state index contributed by atoms with van der Waals surface area (Å²) in [5.74, 6) is 0. The predicted molar refractivity (Wildman–Crippen MR) is 106 cm³/mol. The standard InChI is InChI=1S/C18H22N6O4S/c25-18(28-10-13-1-3-14(4-2-13)24(26)27)22-9-16(29)7-17(22)21-6-5-15(8-21)23-12-19-11-20-23/h1-4,11-12,15-17,29H,5-10H2/t15-,16-,17-/m0/s1. The maximum absolute atomic E-state index is 12.7. The summed E-state index contributed by atoms with van der Waals surface area (Å²) in [7, 11) is 0. The van der Waals surface area contributed by atoms with Crippen LogP contribution in [0, 0.1) is 10.1 Å². The van der Waals surface area contributed by atoms with Gasteiger partial charge < -0.3 is 4.74 Å². The summed E-state index contributed by atoms with van der Waals surface area (Å²) in [4.78, 5) is 31.0. The van der Waals surface area contributed by atoms with Gasteiger partial charge in [0.05, 0.1) is 17.1 Å². The lowest BCUT2D eigenvalue weighted by Gasteiger charge is -2.31. The second-order valence-electron chi connectivity index (χ2n) is 7.31. The molecule has 2 aliphatic rings. The third-order valence-electron chi connectivity index (χ3n) is 5.42. The molecule has 11 heteroatoms. The van der Waals surface area contributed by atoms with Gasteiger partial charge in [-0.25, -0.2) is 14.5 Å². The van der Waals surface area contributed by atoms with Gasteiger partial charge in [0.15, 0.2) is 0 Å². The first kappa shape index (κ1) is 19.6. The number of benzene rings is 1. The number of carbonyl (C=O) groups is 1. The van der Waals surface area contributed by atoms with Gasteiger partial charge in [0.2, 0.25) is 0 Å². The lowest BCUT2D eigenvalue weighted by Crippen LogP contribution is -2.46. The maximum atomic E-state index is 12.7. The number of non-ortho nitro benzene ring substituents is 1. The average molecular weight is 418 g/mol. The molecule has 154 valence electrons. The highest BCUT2D eigenvalue weighted by molar-refractivity contribution is 7.81. The van der Waals surface area contributed by atoms with E-state index in [0.29, 0.717) is 12.1 Å². The minimum atomic E-state index is -0.458. The third-order valence-corrected chi connectivity index (χ3v) is 5.80. The van der Waals surface area contributed by atoms with E-state index in [1.54, 1.807) is 23.4 Å². The number of hydrogen-bond donors (Lipinski definition) is 1. The van der Waals surface area contributed by atoms with Crippen molar-refractivity contribution in [1.82, 2.24) is 24.6 Å². The van der Waals surface area contributed by atoms with Crippen LogP contribution in [0.25, 0.3) is 0 Å². The van der Waals surface area contributed by atoms with E-state index in [0.717, 1.165) is 25.9 Å². The molecule has 1 aromatic carbocycles. The van der Waals surface area contributed by atoms with Gasteiger partial charge in [-0.15, -0.1) is 0 Å². The van der Waals surface area contributed by atoms with Crippen LogP contribution in [-0.2, 0) is 11.3 Å². The molecule has 1 aromatic heterocycles. The molecule has 0 N–H and O–H groups in total. The molecule has 4 rings (SSSR count). The van der Waals surface area contributed by atoms with Crippen molar-refractivity contribution in [3.05, 3.63) is 52.6 Å². The van der Waals surface area contributed by atoms with Gasteiger partial charge in [-0.3, -0.25) is 19.9 Å². The molecule has 3 heterocycles. The summed E-state index contributed by atoms with van der Waals surface area (Å²) in [5.41, 5.74) is 0.711. The number of ether oxygens (including phenoxy) is 1. The van der Waals surface area contributed by atoms with E-state index in [-0.39, 0.29) is 29.8 Å². The quantitative estimate of drug-likeness (QED) is 0.450. The van der Waals surface area contributed by atoms with Gasteiger partial charge in [-0.05, 0) is 30.5 Å². The van der Waals surface area contributed by atoms with Crippen molar-refractivity contribution in [3.63, 3.8) is 0 Å². The molecule has 0 saturated carbocycles. The lowest BCUT2D eigenvalue weighted by atomic mass is 10.2. The van der Waals surface area contributed by atoms with E-state index in [1.165, 1.54) is 18.5 Å². The fraction of sp³-hybridized carbons (Fsp3) is 0.500. The molecule has 29 heavy (non-hydrogen) atoms. The number of hydrogen-bond acceptors (Lipinski definition) is 8. The zero-order chi connectivity index (χ0) is 20.4. The van der Waals surface area contributed by atoms with Crippen LogP contribution in [-0.4, -0.2) is 66.6 Å². The summed E-state index contributed by atoms with van der Waals surface area (Å²) in [6, 6.07) is 6.24. The van der Waals surface area contributed by atoms with Crippen LogP contribution >= 0.6 is 12.6 Å². The minimum Gasteiger partial charge on any atom is -0.445 e. The molecule has 10 nitrogen and oxygen atoms in total. The Labute approximate surface area is 173 Å². The topological polar surface area (TPSA) is 107 Å². The molecule has 0 aliphatic carbocycles. The fourth-order valence-electron chi connectivity index (χ4n) is 3.94. The fourth-order valence-corrected chi connectivity index (χ4v) is 4.30. The minimum absolute atomic E-state index is 0.00793. The summed E-state index contributed by atoms with van der Waals surface area (Å²) in [6.07, 6.45) is 4.52. The highest BCUT2D eigenvalue weighted by atomic mass is 32.1. The van der Waals surface area contributed by atoms with Gasteiger partial charge in [0.1, 0.15) is 19.3 Å². The molecule has 2 aromatic rings. The summed E-state index contributed by atoms with van der Waals surface area (Å²) in [5, 5.41) is 15.1. The second kappa shape index (κ2) is 8.37. The number of carbonyl (C=O) groups excluding carboxylic acids is 1. The van der Waals surface area contributed by atoms with Gasteiger partial charge in [0.25, 0.3) is 5.69 Å². The average Bonchev–Trinajstić information content (AvgIpc) is 3.46. The number of nitro benzene ring substituents is 1. The number of thiol groups is 1. The summed E-state index contributed by atoms with van der Waals surface area (Å²) >= 11 is 4.58. The van der Waals surface area contributed by atoms with E-state index in [4.69, 9.17) is 4.74 Å². The molecule has 2 saturated heterocycles. The second-order valence-corrected chi connectivity index (χ2v) is 8.04. The molecular formula is C18H22N6O4S. The van der Waals surface area contributed by atoms with E-state index in [1.807, 2.05) is 4.68 Å². The van der Waals surface area contributed by atoms with Crippen LogP contribution in [0.15, 0.2) is 36.9 Å². The van der Waals surface area contributed by atoms with Crippen LogP contribution in [0.1, 0.15) is 24.4 Å². The van der Waals surface area contributed by atoms with Crippen molar-refractivity contribution < 1.29 is 14.5 Å². The normalized spacial score (nSPS) is 24.7. The lowest BCUT2D eigenvalue weighted by molar-refractivity contribution is -0.384. The van der Waals surface area contributed by atoms with Crippen molar-refractivity contribution in [3.8, 4) is 0 Å². The zero-order valence-electron chi connectivity index (χ0n) is 15.7. The summed E-state index contributed by atoms with van der Waals surface area (Å²) < 4.78 is 7.34. The SMILES string of the molecule is O=C(OCc1ccc([N+](=O)[O-])cc1)N1C[C@@H](S)C[C@H]1N1CC[C@H](n2cncn2)C1. The van der Waals surface area contributed by atoms with Crippen LogP contribution in [0.3, 0.4) is 0 Å². The van der Waals surface area contributed by atoms with Gasteiger partial charge in [0, 0.05) is 37.0 Å². The predicted octanol–water partition coefficient (Wildman–Crippen LogP) is 2.10. The first-order chi connectivity index (χ1) is 14.0. The van der Waals surface area contributed by atoms with Crippen LogP contribution in [0.5, 0.6) is 0 Å². The molecule has 0 radical (unpaired) electrons. The van der Waals surface area contributed by atoms with Crippen molar-refractivity contribution in [1.29, 1.82) is 0 Å². The Morgan fingerprint density at radius 3 is 2.79 bits per heavy atom. The Bertz CT molecular complexity index is 862. The summed E-state index contributed by atoms with van der Waals surface area (Å²) in [6.45, 7) is 2.25. The van der Waals surface area contributed by atoms with Gasteiger partial charge in [-0.1, -0.05) is 0 Å². The van der Waals surface area contributed by atoms with Crippen LogP contribution in [0.2, 0.25) is 0 Å². The van der Waals surface area contributed by atoms with Gasteiger partial charge in [-0.2, -0.15) is 17.7 Å². The molecule has 2 fully saturated rings. The van der Waals surface area contributed by atoms with E-state index < -0.39 is 11.0 Å². The van der Waals surface area contributed by atoms with Gasteiger partial charge >= 0.3 is 6.09 Å². The Balaban J connectivity index is 1.36. The van der Waals surface area contributed by atoms with Crippen LogP contribution < -0.4 is 0 Å². The molecule has 3 atom stereocenters. The smallest absolute Gasteiger partial charge is 0.411 e. The Morgan fingerprint density at radius 2 is 2.10 bits per heavy atom. The highest BCUT2D eigenvalue weighted by Crippen LogP contribution is 2.31. The monoisotopic (exact) mass is 418 g/mol.